The molecule has 2 saturated heterocycles. The zero-order valence-corrected chi connectivity index (χ0v) is 14.2. The second kappa shape index (κ2) is 6.02. The Morgan fingerprint density at radius 1 is 1.24 bits per heavy atom. The third-order valence-electron chi connectivity index (χ3n) is 5.26. The lowest BCUT2D eigenvalue weighted by molar-refractivity contribution is -0.144. The number of aromatic nitrogens is 1. The smallest absolute Gasteiger partial charge is 0.309 e. The zero-order valence-electron chi connectivity index (χ0n) is 14.2. The Kier molecular flexibility index (Phi) is 4.14. The number of pyridine rings is 1. The van der Waals surface area contributed by atoms with Gasteiger partial charge < -0.3 is 20.3 Å². The Bertz CT molecular complexity index is 805. The summed E-state index contributed by atoms with van der Waals surface area (Å²) in [7, 11) is 0. The first-order valence-electron chi connectivity index (χ1n) is 8.27. The van der Waals surface area contributed by atoms with Gasteiger partial charge in [-0.3, -0.25) is 19.2 Å². The zero-order chi connectivity index (χ0) is 18.4. The summed E-state index contributed by atoms with van der Waals surface area (Å²) < 4.78 is 0. The number of rotatable bonds is 2. The van der Waals surface area contributed by atoms with Crippen molar-refractivity contribution in [2.45, 2.75) is 38.6 Å². The van der Waals surface area contributed by atoms with Gasteiger partial charge in [0.15, 0.2) is 0 Å². The van der Waals surface area contributed by atoms with Crippen LogP contribution in [0, 0.1) is 19.8 Å². The van der Waals surface area contributed by atoms with Gasteiger partial charge in [-0.2, -0.15) is 0 Å². The lowest BCUT2D eigenvalue weighted by Crippen LogP contribution is -2.56. The maximum atomic E-state index is 12.7. The molecule has 0 aliphatic carbocycles. The van der Waals surface area contributed by atoms with E-state index in [1.54, 1.807) is 24.8 Å². The highest BCUT2D eigenvalue weighted by Crippen LogP contribution is 2.37. The lowest BCUT2D eigenvalue weighted by Gasteiger charge is -2.41. The maximum absolute atomic E-state index is 12.7. The number of likely N-dealkylation sites (tertiary alicyclic amines) is 1. The molecular weight excluding hydrogens is 326 g/mol. The largest absolute Gasteiger partial charge is 0.481 e. The van der Waals surface area contributed by atoms with Crippen molar-refractivity contribution in [3.63, 3.8) is 0 Å². The molecule has 2 aliphatic heterocycles. The van der Waals surface area contributed by atoms with Crippen LogP contribution in [0.25, 0.3) is 0 Å². The van der Waals surface area contributed by atoms with E-state index in [9.17, 15) is 24.3 Å². The monoisotopic (exact) mass is 347 g/mol. The number of nitrogens with zero attached hydrogens (tertiary/aromatic N) is 1. The number of amides is 2. The van der Waals surface area contributed by atoms with Crippen LogP contribution in [0.15, 0.2) is 10.9 Å². The molecule has 2 aliphatic rings. The van der Waals surface area contributed by atoms with E-state index in [1.165, 1.54) is 0 Å². The molecule has 1 atom stereocenters. The molecule has 0 aromatic carbocycles. The highest BCUT2D eigenvalue weighted by Gasteiger charge is 2.52. The van der Waals surface area contributed by atoms with E-state index in [-0.39, 0.29) is 23.8 Å². The van der Waals surface area contributed by atoms with Crippen LogP contribution in [0.4, 0.5) is 0 Å². The standard InChI is InChI=1S/C17H21N3O5/c1-9-7-10(2)18-14(22)13(9)15(23)20-5-3-17(4-6-20)11(16(24)25)8-12(21)19-17/h7,11H,3-6,8H2,1-2H3,(H,18,22)(H,19,21)(H,24,25)/t11-/m1/s1. The van der Waals surface area contributed by atoms with Crippen LogP contribution in [-0.2, 0) is 9.59 Å². The molecule has 1 aromatic heterocycles. The molecule has 8 nitrogen and oxygen atoms in total. The first-order chi connectivity index (χ1) is 11.7. The average Bonchev–Trinajstić information content (AvgIpc) is 2.83. The van der Waals surface area contributed by atoms with E-state index in [0.29, 0.717) is 37.2 Å². The number of nitrogens with one attached hydrogen (secondary N) is 2. The molecule has 1 spiro atoms. The van der Waals surface area contributed by atoms with Gasteiger partial charge in [-0.15, -0.1) is 0 Å². The van der Waals surface area contributed by atoms with Crippen LogP contribution in [-0.4, -0.2) is 51.4 Å². The summed E-state index contributed by atoms with van der Waals surface area (Å²) in [5.74, 6) is -2.39. The minimum Gasteiger partial charge on any atom is -0.481 e. The average molecular weight is 347 g/mol. The highest BCUT2D eigenvalue weighted by atomic mass is 16.4. The van der Waals surface area contributed by atoms with Crippen molar-refractivity contribution in [2.75, 3.05) is 13.1 Å². The second-order valence-corrected chi connectivity index (χ2v) is 6.93. The number of hydrogen-bond donors (Lipinski definition) is 3. The predicted molar refractivity (Wildman–Crippen MR) is 88.3 cm³/mol. The molecule has 8 heteroatoms. The van der Waals surface area contributed by atoms with Gasteiger partial charge in [-0.25, -0.2) is 0 Å². The first-order valence-corrected chi connectivity index (χ1v) is 8.27. The van der Waals surface area contributed by atoms with Crippen molar-refractivity contribution < 1.29 is 19.5 Å². The van der Waals surface area contributed by atoms with Crippen molar-refractivity contribution in [1.82, 2.24) is 15.2 Å². The minimum absolute atomic E-state index is 0.0278. The summed E-state index contributed by atoms with van der Waals surface area (Å²) in [5.41, 5.74) is 0.208. The number of hydrogen-bond acceptors (Lipinski definition) is 4. The fourth-order valence-electron chi connectivity index (χ4n) is 3.98. The number of H-pyrrole nitrogens is 1. The van der Waals surface area contributed by atoms with Gasteiger partial charge in [0.05, 0.1) is 11.5 Å². The van der Waals surface area contributed by atoms with Gasteiger partial charge in [0.25, 0.3) is 11.5 Å². The fourth-order valence-corrected chi connectivity index (χ4v) is 3.98. The van der Waals surface area contributed by atoms with E-state index in [0.717, 1.165) is 0 Å². The molecule has 1 aromatic rings. The van der Waals surface area contributed by atoms with Crippen LogP contribution >= 0.6 is 0 Å². The number of carbonyl (C=O) groups excluding carboxylic acids is 2. The molecule has 134 valence electrons. The Labute approximate surface area is 144 Å². The third-order valence-corrected chi connectivity index (χ3v) is 5.26. The Balaban J connectivity index is 1.79. The van der Waals surface area contributed by atoms with E-state index >= 15 is 0 Å². The van der Waals surface area contributed by atoms with Gasteiger partial charge >= 0.3 is 5.97 Å². The molecule has 2 amide bonds. The normalized spacial score (nSPS) is 22.1. The van der Waals surface area contributed by atoms with Crippen LogP contribution in [0.2, 0.25) is 0 Å². The van der Waals surface area contributed by atoms with E-state index < -0.39 is 23.0 Å². The summed E-state index contributed by atoms with van der Waals surface area (Å²) >= 11 is 0. The highest BCUT2D eigenvalue weighted by molar-refractivity contribution is 5.95. The van der Waals surface area contributed by atoms with E-state index in [1.807, 2.05) is 0 Å². The molecule has 3 N–H and O–H groups in total. The van der Waals surface area contributed by atoms with Gasteiger partial charge in [-0.1, -0.05) is 0 Å². The summed E-state index contributed by atoms with van der Waals surface area (Å²) in [6, 6.07) is 1.75. The summed E-state index contributed by atoms with van der Waals surface area (Å²) in [6.07, 6.45) is 0.703. The molecule has 0 unspecified atom stereocenters. The Morgan fingerprint density at radius 2 is 1.88 bits per heavy atom. The molecule has 3 rings (SSSR count). The summed E-state index contributed by atoms with van der Waals surface area (Å²) in [5, 5.41) is 12.2. The van der Waals surface area contributed by atoms with Crippen LogP contribution in [0.5, 0.6) is 0 Å². The topological polar surface area (TPSA) is 120 Å². The second-order valence-electron chi connectivity index (χ2n) is 6.93. The third kappa shape index (κ3) is 2.92. The quantitative estimate of drug-likeness (QED) is 0.705. The number of aliphatic carboxylic acids is 1. The van der Waals surface area contributed by atoms with E-state index in [4.69, 9.17) is 0 Å². The molecule has 0 radical (unpaired) electrons. The van der Waals surface area contributed by atoms with Crippen molar-refractivity contribution in [2.24, 2.45) is 5.92 Å². The van der Waals surface area contributed by atoms with Gasteiger partial charge in [0.2, 0.25) is 5.91 Å². The molecule has 0 saturated carbocycles. The molecular formula is C17H21N3O5. The van der Waals surface area contributed by atoms with Crippen molar-refractivity contribution in [1.29, 1.82) is 0 Å². The number of aryl methyl sites for hydroxylation is 2. The molecule has 0 bridgehead atoms. The van der Waals surface area contributed by atoms with Crippen molar-refractivity contribution in [3.8, 4) is 0 Å². The van der Waals surface area contributed by atoms with Crippen LogP contribution in [0.1, 0.15) is 40.9 Å². The predicted octanol–water partition coefficient (Wildman–Crippen LogP) is 0.187. The SMILES string of the molecule is Cc1cc(C)c(C(=O)N2CCC3(CC2)NC(=O)C[C@@H]3C(=O)O)c(=O)[nH]1. The van der Waals surface area contributed by atoms with Gasteiger partial charge in [0, 0.05) is 25.2 Å². The number of carbonyl (C=O) groups is 3. The van der Waals surface area contributed by atoms with Crippen molar-refractivity contribution >= 4 is 17.8 Å². The number of piperidine rings is 1. The van der Waals surface area contributed by atoms with E-state index in [2.05, 4.69) is 10.3 Å². The minimum atomic E-state index is -0.996. The number of carboxylic acid groups (broad SMARTS) is 1. The Hall–Kier alpha value is -2.64. The lowest BCUT2D eigenvalue weighted by atomic mass is 9.77. The van der Waals surface area contributed by atoms with Gasteiger partial charge in [-0.05, 0) is 38.3 Å². The van der Waals surface area contributed by atoms with Crippen molar-refractivity contribution in [3.05, 3.63) is 33.2 Å². The van der Waals surface area contributed by atoms with Crippen LogP contribution in [0.3, 0.4) is 0 Å². The molecule has 3 heterocycles. The number of carboxylic acids is 1. The maximum Gasteiger partial charge on any atom is 0.309 e. The Morgan fingerprint density at radius 3 is 2.44 bits per heavy atom. The van der Waals surface area contributed by atoms with Gasteiger partial charge in [0.1, 0.15) is 5.56 Å². The summed E-state index contributed by atoms with van der Waals surface area (Å²) in [4.78, 5) is 52.2. The first kappa shape index (κ1) is 17.2. The molecule has 2 fully saturated rings. The fraction of sp³-hybridized carbons (Fsp3) is 0.529. The van der Waals surface area contributed by atoms with Crippen LogP contribution < -0.4 is 10.9 Å². The molecule has 25 heavy (non-hydrogen) atoms. The summed E-state index contributed by atoms with van der Waals surface area (Å²) in [6.45, 7) is 4.08. The number of aromatic amines is 1.